The van der Waals surface area contributed by atoms with Crippen LogP contribution >= 0.6 is 0 Å². The maximum atomic E-state index is 10.3. The van der Waals surface area contributed by atoms with Gasteiger partial charge in [0.2, 0.25) is 0 Å². The first-order valence-corrected chi connectivity index (χ1v) is 7.10. The zero-order chi connectivity index (χ0) is 12.9. The number of rotatable bonds is 6. The zero-order valence-electron chi connectivity index (χ0n) is 11.7. The van der Waals surface area contributed by atoms with Gasteiger partial charge in [-0.15, -0.1) is 0 Å². The fourth-order valence-corrected chi connectivity index (χ4v) is 3.06. The highest BCUT2D eigenvalue weighted by Crippen LogP contribution is 2.24. The minimum absolute atomic E-state index is 0.507. The molecule has 1 aliphatic carbocycles. The number of aliphatic hydroxyl groups is 1. The molecule has 0 saturated heterocycles. The molecule has 1 aliphatic rings. The second-order valence-corrected chi connectivity index (χ2v) is 6.36. The van der Waals surface area contributed by atoms with Gasteiger partial charge >= 0.3 is 0 Å². The molecular formula is C14H30N2O. The van der Waals surface area contributed by atoms with Gasteiger partial charge in [-0.3, -0.25) is 0 Å². The van der Waals surface area contributed by atoms with Gasteiger partial charge in [-0.05, 0) is 44.6 Å². The molecule has 3 nitrogen and oxygen atoms in total. The average molecular weight is 242 g/mol. The summed E-state index contributed by atoms with van der Waals surface area (Å²) < 4.78 is 0. The first kappa shape index (κ1) is 14.9. The van der Waals surface area contributed by atoms with Crippen molar-refractivity contribution in [3.8, 4) is 0 Å². The fourth-order valence-electron chi connectivity index (χ4n) is 3.06. The van der Waals surface area contributed by atoms with Crippen LogP contribution in [0.4, 0.5) is 0 Å². The van der Waals surface area contributed by atoms with Crippen LogP contribution in [0.2, 0.25) is 0 Å². The van der Waals surface area contributed by atoms with E-state index in [1.807, 2.05) is 6.92 Å². The second kappa shape index (κ2) is 6.72. The van der Waals surface area contributed by atoms with Crippen LogP contribution in [-0.4, -0.2) is 29.8 Å². The van der Waals surface area contributed by atoms with Crippen LogP contribution in [0, 0.1) is 11.8 Å². The molecule has 3 unspecified atom stereocenters. The van der Waals surface area contributed by atoms with E-state index in [-0.39, 0.29) is 0 Å². The van der Waals surface area contributed by atoms with Crippen LogP contribution in [0.15, 0.2) is 0 Å². The highest BCUT2D eigenvalue weighted by molar-refractivity contribution is 4.85. The van der Waals surface area contributed by atoms with E-state index in [4.69, 9.17) is 5.73 Å². The van der Waals surface area contributed by atoms with E-state index in [9.17, 15) is 5.11 Å². The Kier molecular flexibility index (Phi) is 5.90. The normalized spacial score (nSPS) is 29.3. The van der Waals surface area contributed by atoms with Crippen LogP contribution in [0.25, 0.3) is 0 Å². The predicted molar refractivity (Wildman–Crippen MR) is 72.9 cm³/mol. The summed E-state index contributed by atoms with van der Waals surface area (Å²) in [6, 6.07) is 0.507. The summed E-state index contributed by atoms with van der Waals surface area (Å²) in [7, 11) is 0. The van der Waals surface area contributed by atoms with Crippen LogP contribution in [0.1, 0.15) is 52.9 Å². The van der Waals surface area contributed by atoms with Gasteiger partial charge in [0.05, 0.1) is 5.60 Å². The SMILES string of the molecule is CC(C)CC(C)(O)CNC1CCCCC1CN. The molecule has 1 rings (SSSR count). The Morgan fingerprint density at radius 2 is 2.00 bits per heavy atom. The van der Waals surface area contributed by atoms with Crippen molar-refractivity contribution >= 4 is 0 Å². The molecule has 0 heterocycles. The molecule has 3 heteroatoms. The van der Waals surface area contributed by atoms with E-state index in [1.165, 1.54) is 25.7 Å². The van der Waals surface area contributed by atoms with Crippen molar-refractivity contribution in [1.29, 1.82) is 0 Å². The highest BCUT2D eigenvalue weighted by atomic mass is 16.3. The smallest absolute Gasteiger partial charge is 0.0746 e. The molecule has 17 heavy (non-hydrogen) atoms. The number of hydrogen-bond acceptors (Lipinski definition) is 3. The van der Waals surface area contributed by atoms with Gasteiger partial charge in [-0.2, -0.15) is 0 Å². The van der Waals surface area contributed by atoms with Crippen LogP contribution < -0.4 is 11.1 Å². The lowest BCUT2D eigenvalue weighted by Gasteiger charge is -2.35. The molecule has 0 aromatic rings. The number of nitrogens with one attached hydrogen (secondary N) is 1. The van der Waals surface area contributed by atoms with Gasteiger partial charge in [-0.25, -0.2) is 0 Å². The van der Waals surface area contributed by atoms with Gasteiger partial charge in [-0.1, -0.05) is 26.7 Å². The molecule has 0 bridgehead atoms. The Balaban J connectivity index is 2.37. The molecule has 102 valence electrons. The maximum Gasteiger partial charge on any atom is 0.0746 e. The quantitative estimate of drug-likeness (QED) is 0.666. The molecule has 0 aromatic carbocycles. The monoisotopic (exact) mass is 242 g/mol. The molecule has 0 aliphatic heterocycles. The first-order chi connectivity index (χ1) is 7.94. The summed E-state index contributed by atoms with van der Waals surface area (Å²) in [6.45, 7) is 7.69. The first-order valence-electron chi connectivity index (χ1n) is 7.10. The second-order valence-electron chi connectivity index (χ2n) is 6.36. The van der Waals surface area contributed by atoms with Crippen molar-refractivity contribution in [2.24, 2.45) is 17.6 Å². The fraction of sp³-hybridized carbons (Fsp3) is 1.00. The summed E-state index contributed by atoms with van der Waals surface area (Å²) in [5.74, 6) is 1.13. The van der Waals surface area contributed by atoms with Crippen LogP contribution in [0.5, 0.6) is 0 Å². The largest absolute Gasteiger partial charge is 0.389 e. The van der Waals surface area contributed by atoms with Crippen molar-refractivity contribution in [2.45, 2.75) is 64.5 Å². The molecule has 0 radical (unpaired) electrons. The van der Waals surface area contributed by atoms with Gasteiger partial charge in [0.1, 0.15) is 0 Å². The van der Waals surface area contributed by atoms with Crippen LogP contribution in [-0.2, 0) is 0 Å². The molecule has 0 amide bonds. The maximum absolute atomic E-state index is 10.3. The van der Waals surface area contributed by atoms with Gasteiger partial charge in [0, 0.05) is 12.6 Å². The number of hydrogen-bond donors (Lipinski definition) is 3. The summed E-state index contributed by atoms with van der Waals surface area (Å²) in [4.78, 5) is 0. The zero-order valence-corrected chi connectivity index (χ0v) is 11.7. The Morgan fingerprint density at radius 3 is 2.59 bits per heavy atom. The standard InChI is InChI=1S/C14H30N2O/c1-11(2)8-14(3,17)10-16-13-7-5-4-6-12(13)9-15/h11-13,16-17H,4-10,15H2,1-3H3. The van der Waals surface area contributed by atoms with E-state index in [2.05, 4.69) is 19.2 Å². The van der Waals surface area contributed by atoms with Crippen molar-refractivity contribution in [1.82, 2.24) is 5.32 Å². The van der Waals surface area contributed by atoms with Crippen LogP contribution in [0.3, 0.4) is 0 Å². The lowest BCUT2D eigenvalue weighted by atomic mass is 9.84. The molecular weight excluding hydrogens is 212 g/mol. The summed E-state index contributed by atoms with van der Waals surface area (Å²) in [6.07, 6.45) is 5.89. The van der Waals surface area contributed by atoms with Crippen molar-refractivity contribution in [2.75, 3.05) is 13.1 Å². The van der Waals surface area contributed by atoms with E-state index in [0.717, 1.165) is 13.0 Å². The molecule has 1 fully saturated rings. The topological polar surface area (TPSA) is 58.3 Å². The van der Waals surface area contributed by atoms with Crippen molar-refractivity contribution in [3.05, 3.63) is 0 Å². The summed E-state index contributed by atoms with van der Waals surface area (Å²) in [5.41, 5.74) is 5.22. The van der Waals surface area contributed by atoms with E-state index in [1.54, 1.807) is 0 Å². The van der Waals surface area contributed by atoms with Gasteiger partial charge in [0.25, 0.3) is 0 Å². The Hall–Kier alpha value is -0.120. The predicted octanol–water partition coefficient (Wildman–Crippen LogP) is 1.89. The third-order valence-electron chi connectivity index (χ3n) is 3.80. The van der Waals surface area contributed by atoms with Crippen molar-refractivity contribution < 1.29 is 5.11 Å². The number of nitrogens with two attached hydrogens (primary N) is 1. The van der Waals surface area contributed by atoms with E-state index in [0.29, 0.717) is 24.4 Å². The van der Waals surface area contributed by atoms with Gasteiger partial charge in [0.15, 0.2) is 0 Å². The molecule has 3 atom stereocenters. The Morgan fingerprint density at radius 1 is 1.35 bits per heavy atom. The van der Waals surface area contributed by atoms with E-state index < -0.39 is 5.60 Å². The minimum Gasteiger partial charge on any atom is -0.389 e. The highest BCUT2D eigenvalue weighted by Gasteiger charge is 2.27. The lowest BCUT2D eigenvalue weighted by molar-refractivity contribution is 0.0321. The molecule has 4 N–H and O–H groups in total. The third-order valence-corrected chi connectivity index (χ3v) is 3.80. The molecule has 1 saturated carbocycles. The lowest BCUT2D eigenvalue weighted by Crippen LogP contribution is -2.48. The van der Waals surface area contributed by atoms with Crippen molar-refractivity contribution in [3.63, 3.8) is 0 Å². The average Bonchev–Trinajstić information content (AvgIpc) is 2.25. The van der Waals surface area contributed by atoms with Gasteiger partial charge < -0.3 is 16.2 Å². The van der Waals surface area contributed by atoms with E-state index >= 15 is 0 Å². The summed E-state index contributed by atoms with van der Waals surface area (Å²) >= 11 is 0. The summed E-state index contributed by atoms with van der Waals surface area (Å²) in [5, 5.41) is 13.8. The third kappa shape index (κ3) is 5.36. The molecule has 0 aromatic heterocycles. The minimum atomic E-state index is -0.592. The Bertz CT molecular complexity index is 216. The Labute approximate surface area is 106 Å². The molecule has 0 spiro atoms.